The Bertz CT molecular complexity index is 390. The summed E-state index contributed by atoms with van der Waals surface area (Å²) < 4.78 is 0. The summed E-state index contributed by atoms with van der Waals surface area (Å²) in [6.45, 7) is 3.72. The molecule has 1 heterocycles. The molecule has 0 radical (unpaired) electrons. The molecule has 3 rings (SSSR count). The highest BCUT2D eigenvalue weighted by molar-refractivity contribution is 5.79. The molecule has 0 bridgehead atoms. The lowest BCUT2D eigenvalue weighted by atomic mass is 9.91. The topological polar surface area (TPSA) is 33.5 Å². The molecule has 1 saturated carbocycles. The van der Waals surface area contributed by atoms with E-state index in [0.717, 1.165) is 18.8 Å². The number of likely N-dealkylation sites (tertiary alicyclic amines) is 1. The number of rotatable bonds is 4. The normalized spacial score (nSPS) is 33.1. The monoisotopic (exact) mass is 319 g/mol. The van der Waals surface area contributed by atoms with E-state index in [1.807, 2.05) is 0 Å². The van der Waals surface area contributed by atoms with Crippen molar-refractivity contribution >= 4 is 5.91 Å². The number of nitrogens with one attached hydrogen (secondary N) is 2. The maximum atomic E-state index is 12.5. The second-order valence-corrected chi connectivity index (χ2v) is 8.08. The van der Waals surface area contributed by atoms with Gasteiger partial charge in [-0.3, -0.25) is 4.79 Å². The van der Waals surface area contributed by atoms with E-state index in [-0.39, 0.29) is 5.92 Å². The minimum atomic E-state index is 0.285. The Balaban J connectivity index is 1.37. The Morgan fingerprint density at radius 2 is 1.70 bits per heavy atom. The lowest BCUT2D eigenvalue weighted by Crippen LogP contribution is -3.13. The quantitative estimate of drug-likeness (QED) is 0.606. The summed E-state index contributed by atoms with van der Waals surface area (Å²) in [6.07, 6.45) is 18.5. The van der Waals surface area contributed by atoms with E-state index in [9.17, 15) is 4.79 Å². The molecule has 3 heteroatoms. The molecule has 3 nitrogen and oxygen atoms in total. The van der Waals surface area contributed by atoms with Crippen LogP contribution in [-0.4, -0.2) is 31.6 Å². The fourth-order valence-electron chi connectivity index (χ4n) is 4.69. The molecule has 0 aromatic heterocycles. The van der Waals surface area contributed by atoms with Crippen LogP contribution in [0.2, 0.25) is 0 Å². The molecule has 3 aliphatic rings. The first kappa shape index (κ1) is 17.0. The zero-order chi connectivity index (χ0) is 15.9. The first-order valence-electron chi connectivity index (χ1n) is 10.1. The van der Waals surface area contributed by atoms with Gasteiger partial charge in [0.2, 0.25) is 5.91 Å². The maximum absolute atomic E-state index is 12.5. The van der Waals surface area contributed by atoms with E-state index in [1.54, 1.807) is 4.90 Å². The number of allylic oxidation sites excluding steroid dienone is 2. The van der Waals surface area contributed by atoms with Gasteiger partial charge in [-0.25, -0.2) is 0 Å². The molecule has 0 spiro atoms. The van der Waals surface area contributed by atoms with Crippen LogP contribution in [0.3, 0.4) is 0 Å². The molecule has 2 aliphatic carbocycles. The molecular weight excluding hydrogens is 284 g/mol. The molecule has 2 fully saturated rings. The molecule has 1 aliphatic heterocycles. The zero-order valence-corrected chi connectivity index (χ0v) is 14.7. The molecule has 1 amide bonds. The summed E-state index contributed by atoms with van der Waals surface area (Å²) in [5.41, 5.74) is 0. The average molecular weight is 320 g/mol. The van der Waals surface area contributed by atoms with Gasteiger partial charge in [-0.15, -0.1) is 0 Å². The van der Waals surface area contributed by atoms with E-state index in [0.29, 0.717) is 11.9 Å². The van der Waals surface area contributed by atoms with E-state index in [2.05, 4.69) is 17.5 Å². The van der Waals surface area contributed by atoms with Gasteiger partial charge in [-0.2, -0.15) is 0 Å². The lowest BCUT2D eigenvalue weighted by molar-refractivity contribution is -0.909. The minimum absolute atomic E-state index is 0.285. The summed E-state index contributed by atoms with van der Waals surface area (Å²) in [6, 6.07) is 0.462. The predicted molar refractivity (Wildman–Crippen MR) is 94.4 cm³/mol. The maximum Gasteiger partial charge on any atom is 0.223 e. The van der Waals surface area contributed by atoms with Crippen molar-refractivity contribution in [3.8, 4) is 0 Å². The first-order valence-corrected chi connectivity index (χ1v) is 10.1. The van der Waals surface area contributed by atoms with Crippen molar-refractivity contribution in [2.75, 3.05) is 19.6 Å². The smallest absolute Gasteiger partial charge is 0.223 e. The number of hydrogen-bond donors (Lipinski definition) is 2. The van der Waals surface area contributed by atoms with Crippen LogP contribution in [0.4, 0.5) is 0 Å². The van der Waals surface area contributed by atoms with Crippen molar-refractivity contribution in [3.05, 3.63) is 12.2 Å². The highest BCUT2D eigenvalue weighted by atomic mass is 16.1. The molecule has 0 aromatic rings. The lowest BCUT2D eigenvalue weighted by Gasteiger charge is -2.32. The van der Waals surface area contributed by atoms with Crippen LogP contribution in [0.15, 0.2) is 12.2 Å². The zero-order valence-electron chi connectivity index (χ0n) is 14.7. The van der Waals surface area contributed by atoms with Crippen LogP contribution in [0.1, 0.15) is 70.6 Å². The number of carbonyl (C=O) groups excluding carboxylic acids is 1. The molecule has 130 valence electrons. The fourth-order valence-corrected chi connectivity index (χ4v) is 4.69. The SMILES string of the molecule is O=C(NC1CCCCCC1)C1CC[NH+](C[C@@H]2CC=CCC2)CC1. The molecular formula is C20H35N2O+. The standard InChI is InChI=1S/C20H34N2O/c23-20(21-19-10-6-1-2-7-11-19)18-12-14-22(15-13-18)16-17-8-4-3-5-9-17/h3-4,17-19H,1-2,5-16H2,(H,21,23)/p+1/t17-/m1/s1. The summed E-state index contributed by atoms with van der Waals surface area (Å²) in [7, 11) is 0. The predicted octanol–water partition coefficient (Wildman–Crippen LogP) is 2.48. The third-order valence-corrected chi connectivity index (χ3v) is 6.22. The van der Waals surface area contributed by atoms with Gasteiger partial charge < -0.3 is 10.2 Å². The van der Waals surface area contributed by atoms with Crippen LogP contribution < -0.4 is 10.2 Å². The second kappa shape index (κ2) is 8.86. The Morgan fingerprint density at radius 3 is 2.35 bits per heavy atom. The Kier molecular flexibility index (Phi) is 6.56. The van der Waals surface area contributed by atoms with Crippen molar-refractivity contribution in [2.45, 2.75) is 76.7 Å². The van der Waals surface area contributed by atoms with Gasteiger partial charge in [0.1, 0.15) is 0 Å². The van der Waals surface area contributed by atoms with Gasteiger partial charge in [0.25, 0.3) is 0 Å². The van der Waals surface area contributed by atoms with Crippen molar-refractivity contribution in [2.24, 2.45) is 11.8 Å². The largest absolute Gasteiger partial charge is 0.353 e. The number of carbonyl (C=O) groups is 1. The minimum Gasteiger partial charge on any atom is -0.353 e. The summed E-state index contributed by atoms with van der Waals surface area (Å²) in [5.74, 6) is 1.52. The number of hydrogen-bond acceptors (Lipinski definition) is 1. The molecule has 2 N–H and O–H groups in total. The van der Waals surface area contributed by atoms with E-state index >= 15 is 0 Å². The highest BCUT2D eigenvalue weighted by Gasteiger charge is 2.29. The third kappa shape index (κ3) is 5.34. The molecule has 0 unspecified atom stereocenters. The van der Waals surface area contributed by atoms with Crippen LogP contribution >= 0.6 is 0 Å². The Hall–Kier alpha value is -0.830. The number of amides is 1. The number of piperidine rings is 1. The summed E-state index contributed by atoms with van der Waals surface area (Å²) in [5, 5.41) is 3.37. The molecule has 0 aromatic carbocycles. The Labute approximate surface area is 141 Å². The van der Waals surface area contributed by atoms with Crippen molar-refractivity contribution in [1.29, 1.82) is 0 Å². The van der Waals surface area contributed by atoms with Crippen LogP contribution in [0.25, 0.3) is 0 Å². The van der Waals surface area contributed by atoms with Gasteiger partial charge in [0, 0.05) is 30.7 Å². The van der Waals surface area contributed by atoms with Crippen molar-refractivity contribution in [3.63, 3.8) is 0 Å². The molecule has 1 atom stereocenters. The summed E-state index contributed by atoms with van der Waals surface area (Å²) >= 11 is 0. The van der Waals surface area contributed by atoms with Crippen molar-refractivity contribution < 1.29 is 9.69 Å². The fraction of sp³-hybridized carbons (Fsp3) is 0.850. The van der Waals surface area contributed by atoms with Gasteiger partial charge in [0.05, 0.1) is 19.6 Å². The summed E-state index contributed by atoms with van der Waals surface area (Å²) in [4.78, 5) is 14.3. The van der Waals surface area contributed by atoms with E-state index < -0.39 is 0 Å². The second-order valence-electron chi connectivity index (χ2n) is 8.08. The van der Waals surface area contributed by atoms with Crippen LogP contribution in [0.5, 0.6) is 0 Å². The number of quaternary nitrogens is 1. The third-order valence-electron chi connectivity index (χ3n) is 6.22. The Morgan fingerprint density at radius 1 is 0.957 bits per heavy atom. The van der Waals surface area contributed by atoms with Crippen molar-refractivity contribution in [1.82, 2.24) is 5.32 Å². The average Bonchev–Trinajstić information content (AvgIpc) is 2.85. The van der Waals surface area contributed by atoms with Gasteiger partial charge >= 0.3 is 0 Å². The molecule has 1 saturated heterocycles. The van der Waals surface area contributed by atoms with Gasteiger partial charge in [-0.1, -0.05) is 37.8 Å². The highest BCUT2D eigenvalue weighted by Crippen LogP contribution is 2.19. The van der Waals surface area contributed by atoms with Gasteiger partial charge in [-0.05, 0) is 32.1 Å². The van der Waals surface area contributed by atoms with Crippen LogP contribution in [-0.2, 0) is 4.79 Å². The van der Waals surface area contributed by atoms with E-state index in [4.69, 9.17) is 0 Å². The van der Waals surface area contributed by atoms with Gasteiger partial charge in [0.15, 0.2) is 0 Å². The first-order chi connectivity index (χ1) is 11.3. The van der Waals surface area contributed by atoms with Crippen LogP contribution in [0, 0.1) is 11.8 Å². The molecule has 23 heavy (non-hydrogen) atoms. The van der Waals surface area contributed by atoms with E-state index in [1.165, 1.54) is 77.4 Å².